The first kappa shape index (κ1) is 8.19. The summed E-state index contributed by atoms with van der Waals surface area (Å²) in [5.41, 5.74) is 2.68. The van der Waals surface area contributed by atoms with Crippen molar-refractivity contribution >= 4 is 11.6 Å². The molecule has 0 aliphatic carbocycles. The molecular weight excluding hydrogens is 166 g/mol. The van der Waals surface area contributed by atoms with Gasteiger partial charge in [0.05, 0.1) is 23.5 Å². The van der Waals surface area contributed by atoms with E-state index >= 15 is 0 Å². The Hall–Kier alpha value is -1.42. The van der Waals surface area contributed by atoms with Gasteiger partial charge < -0.3 is 10.6 Å². The molecule has 1 aromatic rings. The SMILES string of the molecule is CNCc1ccc2c(n1)CC(=O)N2. The Morgan fingerprint density at radius 1 is 1.62 bits per heavy atom. The number of fused-ring (bicyclic) bond motifs is 1. The van der Waals surface area contributed by atoms with Crippen LogP contribution in [0.25, 0.3) is 0 Å². The molecule has 68 valence electrons. The highest BCUT2D eigenvalue weighted by atomic mass is 16.1. The maximum absolute atomic E-state index is 11.0. The molecule has 4 heteroatoms. The normalized spacial score (nSPS) is 14.1. The summed E-state index contributed by atoms with van der Waals surface area (Å²) in [6.07, 6.45) is 0.410. The van der Waals surface area contributed by atoms with E-state index in [1.54, 1.807) is 0 Å². The fourth-order valence-electron chi connectivity index (χ4n) is 1.42. The summed E-state index contributed by atoms with van der Waals surface area (Å²) < 4.78 is 0. The summed E-state index contributed by atoms with van der Waals surface area (Å²) in [7, 11) is 1.87. The molecule has 0 atom stereocenters. The number of carbonyl (C=O) groups is 1. The van der Waals surface area contributed by atoms with Gasteiger partial charge in [-0.05, 0) is 19.2 Å². The maximum Gasteiger partial charge on any atom is 0.230 e. The lowest BCUT2D eigenvalue weighted by atomic mass is 10.2. The van der Waals surface area contributed by atoms with Crippen molar-refractivity contribution in [3.63, 3.8) is 0 Å². The number of carbonyl (C=O) groups excluding carboxylic acids is 1. The molecule has 4 nitrogen and oxygen atoms in total. The van der Waals surface area contributed by atoms with Gasteiger partial charge in [-0.15, -0.1) is 0 Å². The van der Waals surface area contributed by atoms with Crippen LogP contribution in [-0.4, -0.2) is 17.9 Å². The molecule has 0 fully saturated rings. The third-order valence-corrected chi connectivity index (χ3v) is 1.99. The van der Waals surface area contributed by atoms with Crippen LogP contribution in [0.1, 0.15) is 11.4 Å². The Kier molecular flexibility index (Phi) is 1.98. The van der Waals surface area contributed by atoms with E-state index in [-0.39, 0.29) is 5.91 Å². The van der Waals surface area contributed by atoms with Crippen molar-refractivity contribution in [1.29, 1.82) is 0 Å². The van der Waals surface area contributed by atoms with E-state index in [4.69, 9.17) is 0 Å². The molecule has 0 spiro atoms. The number of pyridine rings is 1. The molecule has 0 saturated heterocycles. The molecular formula is C9H11N3O. The Morgan fingerprint density at radius 3 is 3.23 bits per heavy atom. The van der Waals surface area contributed by atoms with Gasteiger partial charge in [0.1, 0.15) is 0 Å². The summed E-state index contributed by atoms with van der Waals surface area (Å²) in [6.45, 7) is 0.738. The van der Waals surface area contributed by atoms with Crippen molar-refractivity contribution in [1.82, 2.24) is 10.3 Å². The van der Waals surface area contributed by atoms with E-state index in [1.165, 1.54) is 0 Å². The molecule has 0 radical (unpaired) electrons. The Bertz CT molecular complexity index is 349. The second kappa shape index (κ2) is 3.14. The fraction of sp³-hybridized carbons (Fsp3) is 0.333. The number of nitrogens with one attached hydrogen (secondary N) is 2. The first-order valence-electron chi connectivity index (χ1n) is 4.23. The predicted molar refractivity (Wildman–Crippen MR) is 49.3 cm³/mol. The standard InChI is InChI=1S/C9H11N3O/c1-10-5-6-2-3-7-8(11-6)4-9(13)12-7/h2-3,10H,4-5H2,1H3,(H,12,13). The lowest BCUT2D eigenvalue weighted by Crippen LogP contribution is -2.07. The first-order chi connectivity index (χ1) is 6.29. The number of aromatic nitrogens is 1. The molecule has 0 bridgehead atoms. The number of rotatable bonds is 2. The van der Waals surface area contributed by atoms with E-state index in [0.717, 1.165) is 23.6 Å². The molecule has 0 saturated carbocycles. The van der Waals surface area contributed by atoms with E-state index in [1.807, 2.05) is 19.2 Å². The Labute approximate surface area is 76.4 Å². The fourth-order valence-corrected chi connectivity index (χ4v) is 1.42. The molecule has 2 rings (SSSR count). The first-order valence-corrected chi connectivity index (χ1v) is 4.23. The van der Waals surface area contributed by atoms with Gasteiger partial charge in [-0.1, -0.05) is 0 Å². The molecule has 1 aliphatic heterocycles. The molecule has 0 aromatic carbocycles. The second-order valence-corrected chi connectivity index (χ2v) is 3.05. The van der Waals surface area contributed by atoms with Crippen LogP contribution in [0.2, 0.25) is 0 Å². The number of anilines is 1. The van der Waals surface area contributed by atoms with E-state index < -0.39 is 0 Å². The Balaban J connectivity index is 2.29. The average Bonchev–Trinajstić information content (AvgIpc) is 2.44. The molecule has 1 aliphatic rings. The minimum Gasteiger partial charge on any atom is -0.324 e. The van der Waals surface area contributed by atoms with E-state index in [2.05, 4.69) is 15.6 Å². The minimum absolute atomic E-state index is 0.0316. The van der Waals surface area contributed by atoms with Gasteiger partial charge in [0.2, 0.25) is 5.91 Å². The molecule has 2 heterocycles. The topological polar surface area (TPSA) is 54.0 Å². The van der Waals surface area contributed by atoms with Crippen LogP contribution in [0.3, 0.4) is 0 Å². The molecule has 1 amide bonds. The highest BCUT2D eigenvalue weighted by Gasteiger charge is 2.18. The van der Waals surface area contributed by atoms with Crippen LogP contribution in [0.5, 0.6) is 0 Å². The van der Waals surface area contributed by atoms with Crippen LogP contribution in [0, 0.1) is 0 Å². The van der Waals surface area contributed by atoms with Crippen LogP contribution >= 0.6 is 0 Å². The summed E-state index contributed by atoms with van der Waals surface area (Å²) >= 11 is 0. The third kappa shape index (κ3) is 1.53. The molecule has 13 heavy (non-hydrogen) atoms. The lowest BCUT2D eigenvalue weighted by molar-refractivity contribution is -0.115. The van der Waals surface area contributed by atoms with Crippen molar-refractivity contribution in [3.8, 4) is 0 Å². The van der Waals surface area contributed by atoms with Gasteiger partial charge in [-0.3, -0.25) is 9.78 Å². The maximum atomic E-state index is 11.0. The molecule has 1 aromatic heterocycles. The highest BCUT2D eigenvalue weighted by Crippen LogP contribution is 2.20. The van der Waals surface area contributed by atoms with Crippen LogP contribution < -0.4 is 10.6 Å². The largest absolute Gasteiger partial charge is 0.324 e. The van der Waals surface area contributed by atoms with Crippen LogP contribution in [0.15, 0.2) is 12.1 Å². The van der Waals surface area contributed by atoms with Gasteiger partial charge in [0.25, 0.3) is 0 Å². The zero-order valence-electron chi connectivity index (χ0n) is 7.42. The van der Waals surface area contributed by atoms with Crippen molar-refractivity contribution in [2.75, 3.05) is 12.4 Å². The number of amides is 1. The molecule has 2 N–H and O–H groups in total. The summed E-state index contributed by atoms with van der Waals surface area (Å²) in [4.78, 5) is 15.4. The van der Waals surface area contributed by atoms with Crippen LogP contribution in [-0.2, 0) is 17.8 Å². The second-order valence-electron chi connectivity index (χ2n) is 3.05. The Morgan fingerprint density at radius 2 is 2.46 bits per heavy atom. The monoisotopic (exact) mass is 177 g/mol. The summed E-state index contributed by atoms with van der Waals surface area (Å²) in [6, 6.07) is 3.82. The van der Waals surface area contributed by atoms with Crippen molar-refractivity contribution in [2.45, 2.75) is 13.0 Å². The highest BCUT2D eigenvalue weighted by molar-refractivity contribution is 5.98. The van der Waals surface area contributed by atoms with Gasteiger partial charge in [0.15, 0.2) is 0 Å². The van der Waals surface area contributed by atoms with Crippen molar-refractivity contribution in [3.05, 3.63) is 23.5 Å². The van der Waals surface area contributed by atoms with Gasteiger partial charge >= 0.3 is 0 Å². The summed E-state index contributed by atoms with van der Waals surface area (Å²) in [5.74, 6) is 0.0316. The summed E-state index contributed by atoms with van der Waals surface area (Å²) in [5, 5.41) is 5.76. The van der Waals surface area contributed by atoms with E-state index in [9.17, 15) is 4.79 Å². The average molecular weight is 177 g/mol. The molecule has 0 unspecified atom stereocenters. The predicted octanol–water partition coefficient (Wildman–Crippen LogP) is 0.296. The third-order valence-electron chi connectivity index (χ3n) is 1.99. The zero-order chi connectivity index (χ0) is 9.26. The van der Waals surface area contributed by atoms with Crippen molar-refractivity contribution in [2.24, 2.45) is 0 Å². The van der Waals surface area contributed by atoms with Gasteiger partial charge in [-0.25, -0.2) is 0 Å². The van der Waals surface area contributed by atoms with Gasteiger partial charge in [-0.2, -0.15) is 0 Å². The number of hydrogen-bond donors (Lipinski definition) is 2. The number of hydrogen-bond acceptors (Lipinski definition) is 3. The van der Waals surface area contributed by atoms with Gasteiger partial charge in [0, 0.05) is 6.54 Å². The quantitative estimate of drug-likeness (QED) is 0.683. The van der Waals surface area contributed by atoms with E-state index in [0.29, 0.717) is 6.42 Å². The lowest BCUT2D eigenvalue weighted by Gasteiger charge is -2.01. The smallest absolute Gasteiger partial charge is 0.230 e. The minimum atomic E-state index is 0.0316. The number of nitrogens with zero attached hydrogens (tertiary/aromatic N) is 1. The van der Waals surface area contributed by atoms with Crippen molar-refractivity contribution < 1.29 is 4.79 Å². The zero-order valence-corrected chi connectivity index (χ0v) is 7.42. The van der Waals surface area contributed by atoms with Crippen LogP contribution in [0.4, 0.5) is 5.69 Å².